The van der Waals surface area contributed by atoms with Gasteiger partial charge in [-0.05, 0) is 6.07 Å². The van der Waals surface area contributed by atoms with Crippen LogP contribution in [0.1, 0.15) is 11.7 Å². The number of aliphatic hydroxyl groups excluding tert-OH is 1. The molecule has 1 aromatic heterocycles. The Morgan fingerprint density at radius 1 is 1.47 bits per heavy atom. The Bertz CT molecular complexity index is 331. The van der Waals surface area contributed by atoms with Crippen LogP contribution in [0.3, 0.4) is 0 Å². The lowest BCUT2D eigenvalue weighted by atomic mass is 10.1. The molecule has 1 N–H and O–H groups in total. The summed E-state index contributed by atoms with van der Waals surface area (Å²) in [7, 11) is 0. The Kier molecular flexibility index (Phi) is 3.88. The Hall–Kier alpha value is -0.260. The van der Waals surface area contributed by atoms with Crippen LogP contribution >= 0.6 is 23.5 Å². The van der Waals surface area contributed by atoms with Gasteiger partial charge in [0.15, 0.2) is 0 Å². The maximum atomic E-state index is 12.9. The molecule has 0 aromatic carbocycles. The van der Waals surface area contributed by atoms with Gasteiger partial charge in [-0.3, -0.25) is 4.98 Å². The third-order valence-electron chi connectivity index (χ3n) is 2.26. The Morgan fingerprint density at radius 3 is 3.00 bits per heavy atom. The van der Waals surface area contributed by atoms with Gasteiger partial charge in [0, 0.05) is 34.3 Å². The molecule has 5 heteroatoms. The fraction of sp³-hybridized carbons (Fsp3) is 0.500. The lowest BCUT2D eigenvalue weighted by molar-refractivity contribution is 0.179. The molecule has 0 bridgehead atoms. The van der Waals surface area contributed by atoms with E-state index in [1.165, 1.54) is 12.3 Å². The summed E-state index contributed by atoms with van der Waals surface area (Å²) < 4.78 is 12.9. The van der Waals surface area contributed by atoms with Gasteiger partial charge in [0.1, 0.15) is 5.82 Å². The summed E-state index contributed by atoms with van der Waals surface area (Å²) in [6.45, 7) is 0. The van der Waals surface area contributed by atoms with Crippen molar-refractivity contribution in [1.29, 1.82) is 0 Å². The Labute approximate surface area is 96.7 Å². The molecular formula is C10H12FNOS2. The number of aromatic nitrogens is 1. The van der Waals surface area contributed by atoms with Gasteiger partial charge < -0.3 is 5.11 Å². The quantitative estimate of drug-likeness (QED) is 0.865. The van der Waals surface area contributed by atoms with Crippen molar-refractivity contribution in [2.24, 2.45) is 0 Å². The number of halogens is 1. The molecule has 1 fully saturated rings. The third-order valence-corrected chi connectivity index (χ3v) is 5.11. The predicted octanol–water partition coefficient (Wildman–Crippen LogP) is 2.10. The first-order chi connectivity index (χ1) is 7.27. The first-order valence-corrected chi connectivity index (χ1v) is 6.95. The number of hydrogen-bond donors (Lipinski definition) is 1. The highest BCUT2D eigenvalue weighted by Crippen LogP contribution is 2.33. The van der Waals surface area contributed by atoms with Crippen molar-refractivity contribution in [3.05, 3.63) is 29.8 Å². The average Bonchev–Trinajstić information content (AvgIpc) is 2.29. The highest BCUT2D eigenvalue weighted by molar-refractivity contribution is 8.06. The summed E-state index contributed by atoms with van der Waals surface area (Å²) in [5.41, 5.74) is 0.579. The maximum absolute atomic E-state index is 12.9. The van der Waals surface area contributed by atoms with E-state index in [2.05, 4.69) is 4.98 Å². The van der Waals surface area contributed by atoms with Gasteiger partial charge in [-0.25, -0.2) is 4.39 Å². The average molecular weight is 245 g/mol. The van der Waals surface area contributed by atoms with E-state index < -0.39 is 6.10 Å². The molecule has 15 heavy (non-hydrogen) atoms. The number of hydrogen-bond acceptors (Lipinski definition) is 4. The van der Waals surface area contributed by atoms with E-state index in [1.807, 2.05) is 11.8 Å². The second-order valence-corrected chi connectivity index (χ2v) is 5.86. The summed E-state index contributed by atoms with van der Waals surface area (Å²) in [5, 5.41) is 10.2. The molecule has 82 valence electrons. The molecule has 2 rings (SSSR count). The molecular weight excluding hydrogens is 233 g/mol. The van der Waals surface area contributed by atoms with Crippen LogP contribution in [0.5, 0.6) is 0 Å². The van der Waals surface area contributed by atoms with Crippen molar-refractivity contribution < 1.29 is 9.50 Å². The molecule has 1 aliphatic rings. The molecule has 2 heterocycles. The number of nitrogens with zero attached hydrogens (tertiary/aromatic N) is 1. The Morgan fingerprint density at radius 2 is 2.33 bits per heavy atom. The summed E-state index contributed by atoms with van der Waals surface area (Å²) in [4.78, 5) is 3.75. The predicted molar refractivity (Wildman–Crippen MR) is 62.7 cm³/mol. The van der Waals surface area contributed by atoms with E-state index in [-0.39, 0.29) is 11.1 Å². The van der Waals surface area contributed by atoms with Crippen molar-refractivity contribution in [2.75, 3.05) is 17.3 Å². The minimum atomic E-state index is -0.606. The zero-order chi connectivity index (χ0) is 10.7. The summed E-state index contributed by atoms with van der Waals surface area (Å²) in [6, 6.07) is 1.36. The second kappa shape index (κ2) is 5.18. The van der Waals surface area contributed by atoms with Crippen LogP contribution in [0.15, 0.2) is 18.5 Å². The maximum Gasteiger partial charge on any atom is 0.141 e. The zero-order valence-corrected chi connectivity index (χ0v) is 9.73. The number of rotatable bonds is 2. The van der Waals surface area contributed by atoms with Crippen LogP contribution in [0.4, 0.5) is 4.39 Å². The first-order valence-electron chi connectivity index (χ1n) is 4.75. The monoisotopic (exact) mass is 245 g/mol. The van der Waals surface area contributed by atoms with Gasteiger partial charge in [0.2, 0.25) is 0 Å². The van der Waals surface area contributed by atoms with Gasteiger partial charge in [-0.1, -0.05) is 0 Å². The van der Waals surface area contributed by atoms with E-state index in [0.717, 1.165) is 23.5 Å². The fourth-order valence-corrected chi connectivity index (χ4v) is 4.25. The van der Waals surface area contributed by atoms with Crippen LogP contribution in [0, 0.1) is 5.82 Å². The van der Waals surface area contributed by atoms with Gasteiger partial charge >= 0.3 is 0 Å². The van der Waals surface area contributed by atoms with E-state index in [1.54, 1.807) is 11.8 Å². The number of pyridine rings is 1. The zero-order valence-electron chi connectivity index (χ0n) is 8.10. The minimum absolute atomic E-state index is 0.160. The normalized spacial score (nSPS) is 23.7. The molecule has 2 unspecified atom stereocenters. The van der Waals surface area contributed by atoms with Crippen molar-refractivity contribution in [3.63, 3.8) is 0 Å². The van der Waals surface area contributed by atoms with Gasteiger partial charge in [0.25, 0.3) is 0 Å². The van der Waals surface area contributed by atoms with E-state index >= 15 is 0 Å². The lowest BCUT2D eigenvalue weighted by Gasteiger charge is -2.25. The molecule has 0 aliphatic carbocycles. The third kappa shape index (κ3) is 2.86. The Balaban J connectivity index is 2.08. The van der Waals surface area contributed by atoms with Crippen molar-refractivity contribution >= 4 is 23.5 Å². The first kappa shape index (κ1) is 11.2. The van der Waals surface area contributed by atoms with E-state index in [4.69, 9.17) is 0 Å². The second-order valence-electron chi connectivity index (χ2n) is 3.37. The number of thioether (sulfide) groups is 2. The smallest absolute Gasteiger partial charge is 0.141 e. The van der Waals surface area contributed by atoms with Crippen LogP contribution in [-0.4, -0.2) is 32.6 Å². The minimum Gasteiger partial charge on any atom is -0.387 e. The molecule has 1 aliphatic heterocycles. The van der Waals surface area contributed by atoms with Crippen molar-refractivity contribution in [3.8, 4) is 0 Å². The largest absolute Gasteiger partial charge is 0.387 e. The van der Waals surface area contributed by atoms with Crippen LogP contribution in [0.25, 0.3) is 0 Å². The van der Waals surface area contributed by atoms with E-state index in [0.29, 0.717) is 5.56 Å². The molecule has 1 aromatic rings. The fourth-order valence-electron chi connectivity index (χ4n) is 1.49. The molecule has 1 saturated heterocycles. The SMILES string of the molecule is OC(c1cncc(F)c1)C1CSCCS1. The molecule has 0 saturated carbocycles. The summed E-state index contributed by atoms with van der Waals surface area (Å²) >= 11 is 3.59. The molecule has 2 nitrogen and oxygen atoms in total. The van der Waals surface area contributed by atoms with Gasteiger partial charge in [0.05, 0.1) is 12.3 Å². The standard InChI is InChI=1S/C10H12FNOS2/c11-8-3-7(4-12-5-8)10(13)9-6-14-1-2-15-9/h3-5,9-10,13H,1-2,6H2. The molecule has 0 amide bonds. The molecule has 0 spiro atoms. The van der Waals surface area contributed by atoms with Crippen molar-refractivity contribution in [1.82, 2.24) is 4.98 Å². The number of aliphatic hydroxyl groups is 1. The summed E-state index contributed by atoms with van der Waals surface area (Å²) in [5.74, 6) is 2.72. The topological polar surface area (TPSA) is 33.1 Å². The van der Waals surface area contributed by atoms with Crippen molar-refractivity contribution in [2.45, 2.75) is 11.4 Å². The van der Waals surface area contributed by atoms with Crippen LogP contribution < -0.4 is 0 Å². The summed E-state index contributed by atoms with van der Waals surface area (Å²) in [6.07, 6.45) is 2.08. The highest BCUT2D eigenvalue weighted by atomic mass is 32.2. The van der Waals surface area contributed by atoms with Crippen LogP contribution in [-0.2, 0) is 0 Å². The lowest BCUT2D eigenvalue weighted by Crippen LogP contribution is -2.22. The van der Waals surface area contributed by atoms with Crippen LogP contribution in [0.2, 0.25) is 0 Å². The molecule has 2 atom stereocenters. The van der Waals surface area contributed by atoms with Gasteiger partial charge in [-0.15, -0.1) is 0 Å². The van der Waals surface area contributed by atoms with Gasteiger partial charge in [-0.2, -0.15) is 23.5 Å². The highest BCUT2D eigenvalue weighted by Gasteiger charge is 2.24. The van der Waals surface area contributed by atoms with E-state index in [9.17, 15) is 9.50 Å². The molecule has 0 radical (unpaired) electrons.